The van der Waals surface area contributed by atoms with Gasteiger partial charge < -0.3 is 29.7 Å². The Morgan fingerprint density at radius 2 is 1.97 bits per heavy atom. The molecule has 1 aromatic heterocycles. The molecule has 0 spiro atoms. The Morgan fingerprint density at radius 3 is 2.58 bits per heavy atom. The summed E-state index contributed by atoms with van der Waals surface area (Å²) in [6.07, 6.45) is -3.56. The smallest absolute Gasteiger partial charge is 0.404 e. The van der Waals surface area contributed by atoms with Crippen LogP contribution in [0.1, 0.15) is 24.8 Å². The highest BCUT2D eigenvalue weighted by atomic mass is 19.4. The summed E-state index contributed by atoms with van der Waals surface area (Å²) in [6.45, 7) is 1.28. The van der Waals surface area contributed by atoms with E-state index in [4.69, 9.17) is 0 Å². The number of halogens is 3. The molecule has 3 N–H and O–H groups in total. The molecular weight excluding hydrogens is 417 g/mol. The van der Waals surface area contributed by atoms with E-state index in [0.717, 1.165) is 0 Å². The standard InChI is InChI=1S/C20H25F3N4O4/c1-26-11-8-24-18(26)16(28)17(29)19(30)25-12-13-6-9-27(10-7-13)14-4-2-3-5-15(14)31-20(21,22)23/h2-5,8,11,13,16-17,28-29H,6-7,9-10,12H2,1H3,(H,25,30)/t16-,17-/m1/s1. The quantitative estimate of drug-likeness (QED) is 0.604. The maximum atomic E-state index is 12.6. The molecule has 1 saturated heterocycles. The SMILES string of the molecule is Cn1ccnc1[C@H](O)[C@@H](O)C(=O)NCC1CCN(c2ccccc2OC(F)(F)F)CC1. The fraction of sp³-hybridized carbons (Fsp3) is 0.500. The van der Waals surface area contributed by atoms with E-state index in [1.807, 2.05) is 4.90 Å². The number of aliphatic hydroxyl groups is 2. The van der Waals surface area contributed by atoms with Gasteiger partial charge in [-0.05, 0) is 30.9 Å². The monoisotopic (exact) mass is 442 g/mol. The highest BCUT2D eigenvalue weighted by Crippen LogP contribution is 2.34. The molecule has 0 unspecified atom stereocenters. The molecule has 1 aliphatic rings. The van der Waals surface area contributed by atoms with Gasteiger partial charge in [-0.3, -0.25) is 4.79 Å². The number of carbonyl (C=O) groups is 1. The Hall–Kier alpha value is -2.79. The van der Waals surface area contributed by atoms with Crippen LogP contribution in [0.3, 0.4) is 0 Å². The molecule has 11 heteroatoms. The van der Waals surface area contributed by atoms with Crippen LogP contribution in [0.2, 0.25) is 0 Å². The predicted octanol–water partition coefficient (Wildman–Crippen LogP) is 1.75. The molecule has 170 valence electrons. The molecule has 0 radical (unpaired) electrons. The number of carbonyl (C=O) groups excluding carboxylic acids is 1. The molecule has 2 atom stereocenters. The summed E-state index contributed by atoms with van der Waals surface area (Å²) < 4.78 is 43.5. The average Bonchev–Trinajstić information content (AvgIpc) is 3.16. The van der Waals surface area contributed by atoms with E-state index in [2.05, 4.69) is 15.0 Å². The number of alkyl halides is 3. The predicted molar refractivity (Wildman–Crippen MR) is 105 cm³/mol. The number of rotatable bonds is 7. The third-order valence-corrected chi connectivity index (χ3v) is 5.30. The Morgan fingerprint density at radius 1 is 1.29 bits per heavy atom. The number of aryl methyl sites for hydroxylation is 1. The van der Waals surface area contributed by atoms with E-state index in [-0.39, 0.29) is 24.0 Å². The highest BCUT2D eigenvalue weighted by Gasteiger charge is 2.33. The summed E-state index contributed by atoms with van der Waals surface area (Å²) in [7, 11) is 1.64. The van der Waals surface area contributed by atoms with Gasteiger partial charge in [0.05, 0.1) is 5.69 Å². The van der Waals surface area contributed by atoms with Gasteiger partial charge in [0.1, 0.15) is 11.9 Å². The van der Waals surface area contributed by atoms with Crippen molar-refractivity contribution < 1.29 is 32.9 Å². The fourth-order valence-corrected chi connectivity index (χ4v) is 3.60. The number of nitrogens with one attached hydrogen (secondary N) is 1. The summed E-state index contributed by atoms with van der Waals surface area (Å²) in [6, 6.07) is 6.00. The van der Waals surface area contributed by atoms with Gasteiger partial charge in [0.15, 0.2) is 11.9 Å². The van der Waals surface area contributed by atoms with Crippen molar-refractivity contribution in [3.8, 4) is 5.75 Å². The van der Waals surface area contributed by atoms with Crippen molar-refractivity contribution in [3.05, 3.63) is 42.5 Å². The van der Waals surface area contributed by atoms with E-state index in [1.165, 1.54) is 22.9 Å². The number of benzene rings is 1. The number of aliphatic hydroxyl groups excluding tert-OH is 2. The number of aromatic nitrogens is 2. The first-order valence-corrected chi connectivity index (χ1v) is 9.86. The van der Waals surface area contributed by atoms with Gasteiger partial charge in [-0.25, -0.2) is 4.98 Å². The maximum absolute atomic E-state index is 12.6. The van der Waals surface area contributed by atoms with Crippen LogP contribution < -0.4 is 15.0 Å². The lowest BCUT2D eigenvalue weighted by atomic mass is 9.96. The number of imidazole rings is 1. The minimum absolute atomic E-state index is 0.0911. The molecule has 0 saturated carbocycles. The van der Waals surface area contributed by atoms with Crippen molar-refractivity contribution in [1.29, 1.82) is 0 Å². The maximum Gasteiger partial charge on any atom is 0.573 e. The molecule has 8 nitrogen and oxygen atoms in total. The summed E-state index contributed by atoms with van der Waals surface area (Å²) >= 11 is 0. The van der Waals surface area contributed by atoms with Crippen LogP contribution in [0, 0.1) is 5.92 Å². The number of amides is 1. The molecule has 1 aliphatic heterocycles. The van der Waals surface area contributed by atoms with Crippen molar-refractivity contribution in [3.63, 3.8) is 0 Å². The topological polar surface area (TPSA) is 99.8 Å². The molecule has 0 aliphatic carbocycles. The Labute approximate surface area is 177 Å². The molecular formula is C20H25F3N4O4. The number of anilines is 1. The highest BCUT2D eigenvalue weighted by molar-refractivity contribution is 5.81. The molecule has 31 heavy (non-hydrogen) atoms. The normalized spacial score (nSPS) is 17.3. The average molecular weight is 442 g/mol. The second kappa shape index (κ2) is 9.56. The molecule has 2 aromatic rings. The van der Waals surface area contributed by atoms with Crippen LogP contribution in [0.5, 0.6) is 5.75 Å². The van der Waals surface area contributed by atoms with Crippen molar-refractivity contribution in [2.75, 3.05) is 24.5 Å². The van der Waals surface area contributed by atoms with Gasteiger partial charge in [0, 0.05) is 39.1 Å². The lowest BCUT2D eigenvalue weighted by molar-refractivity contribution is -0.274. The van der Waals surface area contributed by atoms with Crippen LogP contribution in [0.25, 0.3) is 0 Å². The second-order valence-electron chi connectivity index (χ2n) is 7.48. The van der Waals surface area contributed by atoms with E-state index in [0.29, 0.717) is 31.6 Å². The second-order valence-corrected chi connectivity index (χ2v) is 7.48. The lowest BCUT2D eigenvalue weighted by Crippen LogP contribution is -2.43. The molecule has 0 bridgehead atoms. The zero-order chi connectivity index (χ0) is 22.6. The van der Waals surface area contributed by atoms with E-state index < -0.39 is 24.5 Å². The van der Waals surface area contributed by atoms with E-state index in [9.17, 15) is 28.2 Å². The number of hydrogen-bond donors (Lipinski definition) is 3. The zero-order valence-corrected chi connectivity index (χ0v) is 16.9. The van der Waals surface area contributed by atoms with Crippen LogP contribution in [0.4, 0.5) is 18.9 Å². The van der Waals surface area contributed by atoms with Crippen LogP contribution in [-0.4, -0.2) is 57.8 Å². The zero-order valence-electron chi connectivity index (χ0n) is 16.9. The fourth-order valence-electron chi connectivity index (χ4n) is 3.60. The Bertz CT molecular complexity index is 881. The Balaban J connectivity index is 1.50. The van der Waals surface area contributed by atoms with Gasteiger partial charge >= 0.3 is 6.36 Å². The summed E-state index contributed by atoms with van der Waals surface area (Å²) in [5, 5.41) is 22.9. The minimum Gasteiger partial charge on any atom is -0.404 e. The first-order chi connectivity index (χ1) is 14.7. The van der Waals surface area contributed by atoms with Crippen molar-refractivity contribution >= 4 is 11.6 Å². The number of piperidine rings is 1. The largest absolute Gasteiger partial charge is 0.573 e. The van der Waals surface area contributed by atoms with Gasteiger partial charge in [0.25, 0.3) is 5.91 Å². The summed E-state index contributed by atoms with van der Waals surface area (Å²) in [5.74, 6) is -0.681. The van der Waals surface area contributed by atoms with Crippen LogP contribution >= 0.6 is 0 Å². The third-order valence-electron chi connectivity index (χ3n) is 5.30. The van der Waals surface area contributed by atoms with Gasteiger partial charge in [-0.2, -0.15) is 0 Å². The van der Waals surface area contributed by atoms with Gasteiger partial charge in [-0.1, -0.05) is 12.1 Å². The Kier molecular flexibility index (Phi) is 7.06. The molecule has 2 heterocycles. The first-order valence-electron chi connectivity index (χ1n) is 9.86. The summed E-state index contributed by atoms with van der Waals surface area (Å²) in [4.78, 5) is 17.9. The van der Waals surface area contributed by atoms with E-state index >= 15 is 0 Å². The number of nitrogens with zero attached hydrogens (tertiary/aromatic N) is 3. The minimum atomic E-state index is -4.76. The van der Waals surface area contributed by atoms with Crippen molar-refractivity contribution in [2.45, 2.75) is 31.4 Å². The molecule has 3 rings (SSSR count). The van der Waals surface area contributed by atoms with E-state index in [1.54, 1.807) is 25.4 Å². The summed E-state index contributed by atoms with van der Waals surface area (Å²) in [5.41, 5.74) is 0.371. The number of hydrogen-bond acceptors (Lipinski definition) is 6. The number of para-hydroxylation sites is 2. The van der Waals surface area contributed by atoms with Crippen LogP contribution in [0.15, 0.2) is 36.7 Å². The van der Waals surface area contributed by atoms with Crippen molar-refractivity contribution in [2.24, 2.45) is 13.0 Å². The van der Waals surface area contributed by atoms with Gasteiger partial charge in [-0.15, -0.1) is 13.2 Å². The molecule has 1 aromatic carbocycles. The molecule has 1 amide bonds. The third kappa shape index (κ3) is 5.88. The lowest BCUT2D eigenvalue weighted by Gasteiger charge is -2.34. The number of ether oxygens (including phenoxy) is 1. The van der Waals surface area contributed by atoms with Crippen LogP contribution in [-0.2, 0) is 11.8 Å². The molecule has 1 fully saturated rings. The van der Waals surface area contributed by atoms with Crippen molar-refractivity contribution in [1.82, 2.24) is 14.9 Å². The van der Waals surface area contributed by atoms with Gasteiger partial charge in [0.2, 0.25) is 0 Å². The first kappa shape index (κ1) is 22.9.